The first-order valence-corrected chi connectivity index (χ1v) is 13.9. The van der Waals surface area contributed by atoms with E-state index in [0.29, 0.717) is 40.7 Å². The molecule has 2 aromatic carbocycles. The average molecular weight is 554 g/mol. The van der Waals surface area contributed by atoms with E-state index in [1.54, 1.807) is 53.5 Å². The van der Waals surface area contributed by atoms with E-state index in [1.807, 2.05) is 30.3 Å². The second-order valence-corrected chi connectivity index (χ2v) is 11.1. The fourth-order valence-corrected chi connectivity index (χ4v) is 4.58. The van der Waals surface area contributed by atoms with Gasteiger partial charge in [0.1, 0.15) is 17.3 Å². The van der Waals surface area contributed by atoms with Crippen molar-refractivity contribution in [3.8, 4) is 17.2 Å². The molecule has 0 bridgehead atoms. The number of Topliss-reactive ketones (excluding diaryl/α,β-unsaturated/α-hetero) is 1. The second kappa shape index (κ2) is 12.3. The first-order chi connectivity index (χ1) is 19.7. The number of ketones is 1. The maximum absolute atomic E-state index is 13.0. The van der Waals surface area contributed by atoms with Crippen molar-refractivity contribution in [1.29, 1.82) is 0 Å². The largest absolute Gasteiger partial charge is 0.457 e. The number of urea groups is 1. The molecule has 212 valence electrons. The minimum absolute atomic E-state index is 0.0640. The van der Waals surface area contributed by atoms with Gasteiger partial charge in [-0.05, 0) is 67.8 Å². The quantitative estimate of drug-likeness (QED) is 0.213. The molecule has 41 heavy (non-hydrogen) atoms. The van der Waals surface area contributed by atoms with Crippen molar-refractivity contribution < 1.29 is 19.1 Å². The highest BCUT2D eigenvalue weighted by Crippen LogP contribution is 2.28. The van der Waals surface area contributed by atoms with Gasteiger partial charge in [-0.1, -0.05) is 32.9 Å². The number of nitrogens with zero attached hydrogens (tertiary/aromatic N) is 3. The Balaban J connectivity index is 1.29. The normalized spacial score (nSPS) is 15.0. The second-order valence-electron chi connectivity index (χ2n) is 11.1. The fraction of sp³-hybridized carbons (Fsp3) is 0.312. The van der Waals surface area contributed by atoms with Crippen molar-refractivity contribution in [2.75, 3.05) is 17.2 Å². The number of nitrogens with one attached hydrogen (secondary N) is 2. The van der Waals surface area contributed by atoms with Gasteiger partial charge in [-0.2, -0.15) is 5.10 Å². The van der Waals surface area contributed by atoms with Gasteiger partial charge in [0.15, 0.2) is 5.78 Å². The van der Waals surface area contributed by atoms with E-state index >= 15 is 0 Å². The van der Waals surface area contributed by atoms with Gasteiger partial charge in [0.2, 0.25) is 0 Å². The summed E-state index contributed by atoms with van der Waals surface area (Å²) in [5.74, 6) is 1.87. The SMILES string of the molecule is CC(C)(C)c1cc(NC(=O)Nc2ccc(Oc3ccncc3)cc2)n(-c2cccc(C(=O)CCC3CCCO3)c2)n1. The van der Waals surface area contributed by atoms with Gasteiger partial charge in [-0.15, -0.1) is 0 Å². The summed E-state index contributed by atoms with van der Waals surface area (Å²) < 4.78 is 13.1. The van der Waals surface area contributed by atoms with Gasteiger partial charge >= 0.3 is 6.03 Å². The molecule has 1 aliphatic heterocycles. The number of aromatic nitrogens is 3. The number of anilines is 2. The van der Waals surface area contributed by atoms with Crippen LogP contribution in [-0.2, 0) is 10.2 Å². The van der Waals surface area contributed by atoms with Crippen molar-refractivity contribution in [3.63, 3.8) is 0 Å². The molecule has 0 spiro atoms. The number of ether oxygens (including phenoxy) is 2. The maximum Gasteiger partial charge on any atom is 0.324 e. The summed E-state index contributed by atoms with van der Waals surface area (Å²) in [6.45, 7) is 6.96. The van der Waals surface area contributed by atoms with Crippen LogP contribution < -0.4 is 15.4 Å². The summed E-state index contributed by atoms with van der Waals surface area (Å²) >= 11 is 0. The van der Waals surface area contributed by atoms with Gasteiger partial charge in [0.05, 0.1) is 17.5 Å². The number of carbonyl (C=O) groups is 2. The molecule has 1 unspecified atom stereocenters. The number of hydrogen-bond donors (Lipinski definition) is 2. The predicted octanol–water partition coefficient (Wildman–Crippen LogP) is 7.14. The molecule has 1 aliphatic rings. The smallest absolute Gasteiger partial charge is 0.324 e. The molecule has 1 saturated heterocycles. The van der Waals surface area contributed by atoms with E-state index in [0.717, 1.165) is 31.6 Å². The van der Waals surface area contributed by atoms with Crippen LogP contribution in [0, 0.1) is 0 Å². The lowest BCUT2D eigenvalue weighted by atomic mass is 9.92. The van der Waals surface area contributed by atoms with Crippen LogP contribution in [0.4, 0.5) is 16.3 Å². The van der Waals surface area contributed by atoms with E-state index < -0.39 is 6.03 Å². The third-order valence-corrected chi connectivity index (χ3v) is 6.85. The Kier molecular flexibility index (Phi) is 8.45. The maximum atomic E-state index is 13.0. The highest BCUT2D eigenvalue weighted by molar-refractivity contribution is 5.99. The third-order valence-electron chi connectivity index (χ3n) is 6.85. The zero-order valence-corrected chi connectivity index (χ0v) is 23.6. The molecular weight excluding hydrogens is 518 g/mol. The Morgan fingerprint density at radius 1 is 1.00 bits per heavy atom. The van der Waals surface area contributed by atoms with Crippen molar-refractivity contribution in [2.24, 2.45) is 0 Å². The minimum atomic E-state index is -0.418. The summed E-state index contributed by atoms with van der Waals surface area (Å²) in [5.41, 5.74) is 2.46. The average Bonchev–Trinajstić information content (AvgIpc) is 3.64. The van der Waals surface area contributed by atoms with Gasteiger partial charge in [0, 0.05) is 48.2 Å². The van der Waals surface area contributed by atoms with Crippen LogP contribution in [0.15, 0.2) is 79.1 Å². The van der Waals surface area contributed by atoms with Crippen LogP contribution >= 0.6 is 0 Å². The van der Waals surface area contributed by atoms with Crippen molar-refractivity contribution >= 4 is 23.3 Å². The standard InChI is InChI=1S/C32H35N5O4/c1-32(2,3)29-21-30(35-31(39)34-23-9-11-26(12-10-23)41-27-15-17-33-18-16-27)37(36-29)24-7-4-6-22(20-24)28(38)14-13-25-8-5-19-40-25/h4,6-7,9-12,15-18,20-21,25H,5,8,13-14,19H2,1-3H3,(H2,34,35,39). The van der Waals surface area contributed by atoms with E-state index in [1.165, 1.54) is 0 Å². The molecule has 3 heterocycles. The molecule has 1 atom stereocenters. The lowest BCUT2D eigenvalue weighted by Crippen LogP contribution is -2.21. The number of hydrogen-bond acceptors (Lipinski definition) is 6. The highest BCUT2D eigenvalue weighted by atomic mass is 16.5. The Morgan fingerprint density at radius 2 is 1.76 bits per heavy atom. The van der Waals surface area contributed by atoms with Gasteiger partial charge in [0.25, 0.3) is 0 Å². The Morgan fingerprint density at radius 3 is 2.46 bits per heavy atom. The van der Waals surface area contributed by atoms with Crippen LogP contribution in [0.25, 0.3) is 5.69 Å². The number of rotatable bonds is 9. The summed E-state index contributed by atoms with van der Waals surface area (Å²) in [5, 5.41) is 10.6. The van der Waals surface area contributed by atoms with Gasteiger partial charge < -0.3 is 14.8 Å². The summed E-state index contributed by atoms with van der Waals surface area (Å²) in [6, 6.07) is 19.4. The molecule has 4 aromatic rings. The van der Waals surface area contributed by atoms with E-state index in [2.05, 4.69) is 36.4 Å². The number of carbonyl (C=O) groups excluding carboxylic acids is 2. The monoisotopic (exact) mass is 553 g/mol. The Bertz CT molecular complexity index is 1490. The fourth-order valence-electron chi connectivity index (χ4n) is 4.58. The number of pyridine rings is 1. The van der Waals surface area contributed by atoms with Gasteiger partial charge in [-0.25, -0.2) is 9.48 Å². The van der Waals surface area contributed by atoms with E-state index in [-0.39, 0.29) is 17.3 Å². The highest BCUT2D eigenvalue weighted by Gasteiger charge is 2.22. The molecule has 2 N–H and O–H groups in total. The Hall–Kier alpha value is -4.50. The molecule has 2 aromatic heterocycles. The third kappa shape index (κ3) is 7.37. The summed E-state index contributed by atoms with van der Waals surface area (Å²) in [6.07, 6.45) is 6.71. The Labute approximate surface area is 239 Å². The minimum Gasteiger partial charge on any atom is -0.457 e. The van der Waals surface area contributed by atoms with Crippen molar-refractivity contribution in [2.45, 2.75) is 58.0 Å². The number of amides is 2. The molecule has 0 radical (unpaired) electrons. The van der Waals surface area contributed by atoms with Crippen LogP contribution in [0.1, 0.15) is 62.5 Å². The summed E-state index contributed by atoms with van der Waals surface area (Å²) in [7, 11) is 0. The first kappa shape index (κ1) is 28.0. The number of benzene rings is 2. The van der Waals surface area contributed by atoms with Gasteiger partial charge in [-0.3, -0.25) is 15.1 Å². The molecule has 9 heteroatoms. The van der Waals surface area contributed by atoms with E-state index in [9.17, 15) is 9.59 Å². The topological polar surface area (TPSA) is 107 Å². The predicted molar refractivity (Wildman–Crippen MR) is 158 cm³/mol. The van der Waals surface area contributed by atoms with Crippen LogP contribution in [0.3, 0.4) is 0 Å². The molecule has 9 nitrogen and oxygen atoms in total. The molecule has 1 fully saturated rings. The first-order valence-electron chi connectivity index (χ1n) is 13.9. The van der Waals surface area contributed by atoms with Crippen LogP contribution in [0.5, 0.6) is 11.5 Å². The van der Waals surface area contributed by atoms with Crippen LogP contribution in [0.2, 0.25) is 0 Å². The molecule has 0 aliphatic carbocycles. The zero-order chi connectivity index (χ0) is 28.8. The summed E-state index contributed by atoms with van der Waals surface area (Å²) in [4.78, 5) is 30.0. The van der Waals surface area contributed by atoms with Crippen LogP contribution in [-0.4, -0.2) is 39.3 Å². The van der Waals surface area contributed by atoms with Crippen molar-refractivity contribution in [1.82, 2.24) is 14.8 Å². The molecule has 5 rings (SSSR count). The molecule has 0 saturated carbocycles. The molecular formula is C32H35N5O4. The lowest BCUT2D eigenvalue weighted by molar-refractivity contribution is 0.0859. The van der Waals surface area contributed by atoms with Crippen molar-refractivity contribution in [3.05, 3.63) is 90.4 Å². The molecule has 2 amide bonds. The zero-order valence-electron chi connectivity index (χ0n) is 23.6. The van der Waals surface area contributed by atoms with E-state index in [4.69, 9.17) is 14.6 Å². The lowest BCUT2D eigenvalue weighted by Gasteiger charge is -2.14.